The largest absolute Gasteiger partial charge is 0.378 e. The van der Waals surface area contributed by atoms with E-state index in [0.717, 1.165) is 24.9 Å². The topological polar surface area (TPSA) is 33.1 Å². The van der Waals surface area contributed by atoms with E-state index in [1.807, 2.05) is 0 Å². The van der Waals surface area contributed by atoms with Crippen LogP contribution in [-0.2, 0) is 13.5 Å². The van der Waals surface area contributed by atoms with Gasteiger partial charge in [-0.2, -0.15) is 5.10 Å². The van der Waals surface area contributed by atoms with Gasteiger partial charge in [-0.05, 0) is 31.6 Å². The van der Waals surface area contributed by atoms with E-state index >= 15 is 0 Å². The van der Waals surface area contributed by atoms with Gasteiger partial charge in [-0.25, -0.2) is 0 Å². The third kappa shape index (κ3) is 1.69. The molecule has 1 aromatic heterocycles. The van der Waals surface area contributed by atoms with Gasteiger partial charge >= 0.3 is 0 Å². The third-order valence-electron chi connectivity index (χ3n) is 5.53. The van der Waals surface area contributed by atoms with E-state index in [1.54, 1.807) is 0 Å². The SMILES string of the molecule is CCCc1nn(C)c2c1NCC1CC3CCCCC3N21. The zero-order valence-corrected chi connectivity index (χ0v) is 12.7. The van der Waals surface area contributed by atoms with E-state index < -0.39 is 0 Å². The Morgan fingerprint density at radius 2 is 2.15 bits per heavy atom. The van der Waals surface area contributed by atoms with Gasteiger partial charge in [-0.15, -0.1) is 0 Å². The van der Waals surface area contributed by atoms with Crippen LogP contribution in [0.3, 0.4) is 0 Å². The molecule has 4 rings (SSSR count). The monoisotopic (exact) mass is 274 g/mol. The summed E-state index contributed by atoms with van der Waals surface area (Å²) in [5.74, 6) is 2.30. The van der Waals surface area contributed by atoms with Crippen LogP contribution < -0.4 is 10.2 Å². The van der Waals surface area contributed by atoms with Crippen molar-refractivity contribution in [3.8, 4) is 0 Å². The van der Waals surface area contributed by atoms with Crippen molar-refractivity contribution in [2.75, 3.05) is 16.8 Å². The molecule has 1 saturated heterocycles. The highest BCUT2D eigenvalue weighted by Crippen LogP contribution is 2.47. The minimum atomic E-state index is 0.695. The Hall–Kier alpha value is -1.19. The van der Waals surface area contributed by atoms with E-state index in [4.69, 9.17) is 5.10 Å². The van der Waals surface area contributed by atoms with Crippen molar-refractivity contribution in [3.05, 3.63) is 5.69 Å². The Bertz CT molecular complexity index is 507. The van der Waals surface area contributed by atoms with Crippen LogP contribution in [0.4, 0.5) is 11.5 Å². The molecule has 0 bridgehead atoms. The average molecular weight is 274 g/mol. The molecule has 0 radical (unpaired) electrons. The summed E-state index contributed by atoms with van der Waals surface area (Å²) in [4.78, 5) is 2.74. The van der Waals surface area contributed by atoms with E-state index in [-0.39, 0.29) is 0 Å². The van der Waals surface area contributed by atoms with Gasteiger partial charge in [0, 0.05) is 25.7 Å². The second-order valence-electron chi connectivity index (χ2n) is 6.81. The maximum atomic E-state index is 4.79. The predicted molar refractivity (Wildman–Crippen MR) is 82.3 cm³/mol. The number of anilines is 2. The molecule has 3 heterocycles. The van der Waals surface area contributed by atoms with Crippen LogP contribution in [0.2, 0.25) is 0 Å². The first-order valence-corrected chi connectivity index (χ1v) is 8.37. The van der Waals surface area contributed by atoms with Crippen molar-refractivity contribution < 1.29 is 0 Å². The van der Waals surface area contributed by atoms with Crippen molar-refractivity contribution in [2.45, 2.75) is 64.0 Å². The highest BCUT2D eigenvalue weighted by molar-refractivity contribution is 5.73. The van der Waals surface area contributed by atoms with E-state index in [0.29, 0.717) is 6.04 Å². The third-order valence-corrected chi connectivity index (χ3v) is 5.53. The van der Waals surface area contributed by atoms with Crippen LogP contribution in [0.15, 0.2) is 0 Å². The zero-order valence-electron chi connectivity index (χ0n) is 12.7. The molecular formula is C16H26N4. The Labute approximate surface area is 121 Å². The lowest BCUT2D eigenvalue weighted by molar-refractivity contribution is 0.340. The Kier molecular flexibility index (Phi) is 2.93. The normalized spacial score (nSPS) is 31.5. The highest BCUT2D eigenvalue weighted by atomic mass is 15.4. The first kappa shape index (κ1) is 12.5. The van der Waals surface area contributed by atoms with E-state index in [2.05, 4.69) is 28.9 Å². The fourth-order valence-corrected chi connectivity index (χ4v) is 4.75. The number of aromatic nitrogens is 2. The number of hydrogen-bond donors (Lipinski definition) is 1. The molecule has 2 aliphatic heterocycles. The summed E-state index contributed by atoms with van der Waals surface area (Å²) >= 11 is 0. The molecule has 0 aromatic carbocycles. The summed E-state index contributed by atoms with van der Waals surface area (Å²) in [6.07, 6.45) is 9.30. The van der Waals surface area contributed by atoms with Crippen LogP contribution in [0, 0.1) is 5.92 Å². The summed E-state index contributed by atoms with van der Waals surface area (Å²) in [6.45, 7) is 3.35. The lowest BCUT2D eigenvalue weighted by Gasteiger charge is -2.39. The summed E-state index contributed by atoms with van der Waals surface area (Å²) in [6, 6.07) is 1.47. The summed E-state index contributed by atoms with van der Waals surface area (Å²) in [5, 5.41) is 8.49. The van der Waals surface area contributed by atoms with Crippen LogP contribution in [0.25, 0.3) is 0 Å². The van der Waals surface area contributed by atoms with Crippen LogP contribution >= 0.6 is 0 Å². The fourth-order valence-electron chi connectivity index (χ4n) is 4.75. The van der Waals surface area contributed by atoms with Gasteiger partial charge in [-0.1, -0.05) is 26.2 Å². The molecule has 3 unspecified atom stereocenters. The zero-order chi connectivity index (χ0) is 13.7. The number of nitrogens with one attached hydrogen (secondary N) is 1. The quantitative estimate of drug-likeness (QED) is 0.900. The van der Waals surface area contributed by atoms with Crippen molar-refractivity contribution in [3.63, 3.8) is 0 Å². The van der Waals surface area contributed by atoms with Gasteiger partial charge in [0.1, 0.15) is 5.69 Å². The van der Waals surface area contributed by atoms with Crippen molar-refractivity contribution in [2.24, 2.45) is 13.0 Å². The van der Waals surface area contributed by atoms with Gasteiger partial charge < -0.3 is 10.2 Å². The summed E-state index contributed by atoms with van der Waals surface area (Å²) < 4.78 is 2.14. The fraction of sp³-hybridized carbons (Fsp3) is 0.812. The minimum Gasteiger partial charge on any atom is -0.378 e. The van der Waals surface area contributed by atoms with Gasteiger partial charge in [0.05, 0.1) is 5.69 Å². The molecule has 110 valence electrons. The average Bonchev–Trinajstić information content (AvgIpc) is 2.97. The van der Waals surface area contributed by atoms with Gasteiger partial charge in [0.2, 0.25) is 0 Å². The molecule has 20 heavy (non-hydrogen) atoms. The van der Waals surface area contributed by atoms with Gasteiger partial charge in [0.15, 0.2) is 5.82 Å². The molecule has 3 atom stereocenters. The Balaban J connectivity index is 1.74. The Morgan fingerprint density at radius 1 is 1.30 bits per heavy atom. The molecule has 1 aromatic rings. The molecule has 4 heteroatoms. The molecule has 1 N–H and O–H groups in total. The molecular weight excluding hydrogens is 248 g/mol. The lowest BCUT2D eigenvalue weighted by atomic mass is 9.85. The van der Waals surface area contributed by atoms with Crippen molar-refractivity contribution in [1.29, 1.82) is 0 Å². The maximum Gasteiger partial charge on any atom is 0.151 e. The minimum absolute atomic E-state index is 0.695. The predicted octanol–water partition coefficient (Wildman–Crippen LogP) is 2.94. The molecule has 1 saturated carbocycles. The number of fused-ring (bicyclic) bond motifs is 5. The van der Waals surface area contributed by atoms with E-state index in [9.17, 15) is 0 Å². The van der Waals surface area contributed by atoms with Crippen LogP contribution in [0.1, 0.15) is 51.1 Å². The van der Waals surface area contributed by atoms with Crippen molar-refractivity contribution >= 4 is 11.5 Å². The van der Waals surface area contributed by atoms with Crippen LogP contribution in [-0.4, -0.2) is 28.4 Å². The molecule has 0 amide bonds. The molecule has 4 nitrogen and oxygen atoms in total. The molecule has 1 aliphatic carbocycles. The number of nitrogens with zero attached hydrogens (tertiary/aromatic N) is 3. The molecule has 2 fully saturated rings. The first-order chi connectivity index (χ1) is 9.79. The number of hydrogen-bond acceptors (Lipinski definition) is 3. The van der Waals surface area contributed by atoms with E-state index in [1.165, 1.54) is 55.7 Å². The number of rotatable bonds is 2. The number of aryl methyl sites for hydroxylation is 2. The smallest absolute Gasteiger partial charge is 0.151 e. The highest BCUT2D eigenvalue weighted by Gasteiger charge is 2.46. The summed E-state index contributed by atoms with van der Waals surface area (Å²) in [5.41, 5.74) is 2.60. The second-order valence-corrected chi connectivity index (χ2v) is 6.81. The molecule has 3 aliphatic rings. The van der Waals surface area contributed by atoms with Gasteiger partial charge in [0.25, 0.3) is 0 Å². The summed E-state index contributed by atoms with van der Waals surface area (Å²) in [7, 11) is 2.12. The van der Waals surface area contributed by atoms with Crippen LogP contribution in [0.5, 0.6) is 0 Å². The standard InChI is InChI=1S/C16H26N4/c1-3-6-13-15-16(19(2)18-13)20-12(10-17-15)9-11-7-4-5-8-14(11)20/h11-12,14,17H,3-10H2,1-2H3. The first-order valence-electron chi connectivity index (χ1n) is 8.37. The van der Waals surface area contributed by atoms with Crippen molar-refractivity contribution in [1.82, 2.24) is 9.78 Å². The Morgan fingerprint density at radius 3 is 3.00 bits per heavy atom. The molecule has 0 spiro atoms. The maximum absolute atomic E-state index is 4.79. The lowest BCUT2D eigenvalue weighted by Crippen LogP contribution is -2.45. The van der Waals surface area contributed by atoms with Gasteiger partial charge in [-0.3, -0.25) is 4.68 Å². The second kappa shape index (κ2) is 4.68.